The predicted molar refractivity (Wildman–Crippen MR) is 114 cm³/mol. The highest BCUT2D eigenvalue weighted by molar-refractivity contribution is 6.07. The molecule has 1 amide bonds. The monoisotopic (exact) mass is 389 g/mol. The molecule has 1 aliphatic heterocycles. The summed E-state index contributed by atoms with van der Waals surface area (Å²) in [6, 6.07) is 9.86. The largest absolute Gasteiger partial charge is 0.371 e. The molecule has 1 saturated heterocycles. The van der Waals surface area contributed by atoms with E-state index in [1.54, 1.807) is 6.33 Å². The predicted octanol–water partition coefficient (Wildman–Crippen LogP) is 2.20. The lowest BCUT2D eigenvalue weighted by atomic mass is 10.1. The highest BCUT2D eigenvalue weighted by Crippen LogP contribution is 2.31. The second kappa shape index (κ2) is 6.89. The Morgan fingerprint density at radius 3 is 2.83 bits per heavy atom. The number of aromatic nitrogens is 4. The Hall–Kier alpha value is -3.39. The number of rotatable bonds is 3. The molecule has 148 valence electrons. The van der Waals surface area contributed by atoms with Crippen molar-refractivity contribution >= 4 is 33.8 Å². The van der Waals surface area contributed by atoms with Gasteiger partial charge < -0.3 is 25.1 Å². The number of aryl methyl sites for hydroxylation is 1. The van der Waals surface area contributed by atoms with E-state index in [4.69, 9.17) is 0 Å². The van der Waals surface area contributed by atoms with Gasteiger partial charge in [-0.25, -0.2) is 9.97 Å². The second-order valence-corrected chi connectivity index (χ2v) is 7.33. The Balaban J connectivity index is 1.58. The van der Waals surface area contributed by atoms with Crippen molar-refractivity contribution in [3.8, 4) is 11.3 Å². The van der Waals surface area contributed by atoms with Crippen LogP contribution in [0.25, 0.3) is 33.3 Å². The van der Waals surface area contributed by atoms with Crippen LogP contribution in [0.1, 0.15) is 10.4 Å². The molecular formula is C21H23N7O. The number of hydrogen-bond acceptors (Lipinski definition) is 5. The molecule has 8 nitrogen and oxygen atoms in total. The minimum absolute atomic E-state index is 0.0779. The minimum Gasteiger partial charge on any atom is -0.371 e. The zero-order chi connectivity index (χ0) is 20.0. The first-order chi connectivity index (χ1) is 14.2. The first-order valence-electron chi connectivity index (χ1n) is 9.77. The number of fused-ring (bicyclic) bond motifs is 3. The normalized spacial score (nSPS) is 14.6. The van der Waals surface area contributed by atoms with Gasteiger partial charge in [-0.05, 0) is 23.8 Å². The van der Waals surface area contributed by atoms with Crippen LogP contribution in [-0.2, 0) is 7.05 Å². The summed E-state index contributed by atoms with van der Waals surface area (Å²) in [4.78, 5) is 27.4. The van der Waals surface area contributed by atoms with E-state index in [0.29, 0.717) is 5.56 Å². The van der Waals surface area contributed by atoms with Gasteiger partial charge in [0.05, 0.1) is 11.8 Å². The molecule has 5 rings (SSSR count). The summed E-state index contributed by atoms with van der Waals surface area (Å²) < 4.78 is 2.00. The molecule has 0 aliphatic carbocycles. The molecule has 4 aromatic rings. The van der Waals surface area contributed by atoms with Gasteiger partial charge in [-0.2, -0.15) is 0 Å². The molecule has 0 saturated carbocycles. The first-order valence-corrected chi connectivity index (χ1v) is 9.77. The van der Waals surface area contributed by atoms with Crippen molar-refractivity contribution in [3.05, 3.63) is 42.2 Å². The summed E-state index contributed by atoms with van der Waals surface area (Å²) >= 11 is 0. The van der Waals surface area contributed by atoms with Crippen LogP contribution < -0.4 is 10.6 Å². The lowest BCUT2D eigenvalue weighted by molar-refractivity contribution is 0.0736. The van der Waals surface area contributed by atoms with Crippen molar-refractivity contribution in [2.24, 2.45) is 7.05 Å². The van der Waals surface area contributed by atoms with Crippen LogP contribution in [0.3, 0.4) is 0 Å². The van der Waals surface area contributed by atoms with Gasteiger partial charge in [0.15, 0.2) is 5.82 Å². The molecular weight excluding hydrogens is 366 g/mol. The fourth-order valence-electron chi connectivity index (χ4n) is 4.00. The van der Waals surface area contributed by atoms with Crippen LogP contribution in [0, 0.1) is 0 Å². The number of benzene rings is 1. The molecule has 1 aromatic carbocycles. The summed E-state index contributed by atoms with van der Waals surface area (Å²) in [6.45, 7) is 3.16. The number of carbonyl (C=O) groups is 1. The molecule has 29 heavy (non-hydrogen) atoms. The van der Waals surface area contributed by atoms with E-state index in [1.165, 1.54) is 0 Å². The van der Waals surface area contributed by atoms with Gasteiger partial charge in [0, 0.05) is 56.9 Å². The number of imidazole rings is 1. The Bertz CT molecular complexity index is 1220. The average molecular weight is 389 g/mol. The molecule has 3 N–H and O–H groups in total. The van der Waals surface area contributed by atoms with E-state index in [0.717, 1.165) is 65.3 Å². The lowest BCUT2D eigenvalue weighted by Gasteiger charge is -2.27. The van der Waals surface area contributed by atoms with Crippen molar-refractivity contribution in [2.45, 2.75) is 0 Å². The molecule has 1 fully saturated rings. The number of pyridine rings is 1. The Morgan fingerprint density at radius 2 is 2.03 bits per heavy atom. The van der Waals surface area contributed by atoms with E-state index < -0.39 is 0 Å². The number of nitrogens with one attached hydrogen (secondary N) is 3. The standard InChI is InChI=1S/C21H23N7O/c1-22-20-17-18(27(2)12-24-17)15-11-16(25-19(15)26-20)13-4-3-5-14(10-13)21(29)28-8-6-23-7-9-28/h3-5,10-12,23H,6-9H2,1-2H3,(H2,22,25,26). The Labute approximate surface area is 167 Å². The van der Waals surface area contributed by atoms with Crippen molar-refractivity contribution in [2.75, 3.05) is 38.5 Å². The lowest BCUT2D eigenvalue weighted by Crippen LogP contribution is -2.46. The van der Waals surface area contributed by atoms with E-state index in [1.807, 2.05) is 47.8 Å². The maximum atomic E-state index is 12.9. The summed E-state index contributed by atoms with van der Waals surface area (Å²) in [5.74, 6) is 0.818. The second-order valence-electron chi connectivity index (χ2n) is 7.33. The molecule has 8 heteroatoms. The molecule has 1 aliphatic rings. The van der Waals surface area contributed by atoms with Gasteiger partial charge >= 0.3 is 0 Å². The average Bonchev–Trinajstić information content (AvgIpc) is 3.37. The number of anilines is 1. The fraction of sp³-hybridized carbons (Fsp3) is 0.286. The summed E-state index contributed by atoms with van der Waals surface area (Å²) in [7, 11) is 3.82. The maximum absolute atomic E-state index is 12.9. The molecule has 0 spiro atoms. The summed E-state index contributed by atoms with van der Waals surface area (Å²) in [5, 5.41) is 7.41. The van der Waals surface area contributed by atoms with Gasteiger partial charge in [-0.1, -0.05) is 12.1 Å². The highest BCUT2D eigenvalue weighted by Gasteiger charge is 2.19. The third kappa shape index (κ3) is 2.92. The van der Waals surface area contributed by atoms with Crippen molar-refractivity contribution < 1.29 is 4.79 Å². The molecule has 4 heterocycles. The third-order valence-electron chi connectivity index (χ3n) is 5.50. The van der Waals surface area contributed by atoms with Crippen LogP contribution in [0.5, 0.6) is 0 Å². The minimum atomic E-state index is 0.0779. The Morgan fingerprint density at radius 1 is 1.21 bits per heavy atom. The number of aromatic amines is 1. The number of carbonyl (C=O) groups excluding carboxylic acids is 1. The van der Waals surface area contributed by atoms with Gasteiger partial charge in [-0.15, -0.1) is 0 Å². The van der Waals surface area contributed by atoms with Crippen LogP contribution in [0.4, 0.5) is 5.82 Å². The molecule has 0 atom stereocenters. The molecule has 0 radical (unpaired) electrons. The van der Waals surface area contributed by atoms with E-state index in [-0.39, 0.29) is 5.91 Å². The molecule has 0 bridgehead atoms. The number of piperazine rings is 1. The molecule has 3 aromatic heterocycles. The number of H-pyrrole nitrogens is 1. The zero-order valence-electron chi connectivity index (χ0n) is 16.5. The summed E-state index contributed by atoms with van der Waals surface area (Å²) in [6.07, 6.45) is 1.80. The van der Waals surface area contributed by atoms with Gasteiger partial charge in [-0.3, -0.25) is 4.79 Å². The van der Waals surface area contributed by atoms with Gasteiger partial charge in [0.2, 0.25) is 0 Å². The van der Waals surface area contributed by atoms with Crippen LogP contribution >= 0.6 is 0 Å². The topological polar surface area (TPSA) is 90.9 Å². The number of nitrogens with zero attached hydrogens (tertiary/aromatic N) is 4. The summed E-state index contributed by atoms with van der Waals surface area (Å²) in [5.41, 5.74) is 5.26. The first kappa shape index (κ1) is 17.7. The van der Waals surface area contributed by atoms with Crippen LogP contribution in [-0.4, -0.2) is 63.6 Å². The van der Waals surface area contributed by atoms with Crippen molar-refractivity contribution in [1.82, 2.24) is 29.7 Å². The van der Waals surface area contributed by atoms with Gasteiger partial charge in [0.1, 0.15) is 11.2 Å². The van der Waals surface area contributed by atoms with Crippen molar-refractivity contribution in [1.29, 1.82) is 0 Å². The Kier molecular flexibility index (Phi) is 4.21. The van der Waals surface area contributed by atoms with Crippen molar-refractivity contribution in [3.63, 3.8) is 0 Å². The van der Waals surface area contributed by atoms with E-state index in [2.05, 4.69) is 31.7 Å². The SMILES string of the molecule is CNc1nc2[nH]c(-c3cccc(C(=O)N4CCNCC4)c3)cc2c2c1ncn2C. The number of amides is 1. The maximum Gasteiger partial charge on any atom is 0.253 e. The van der Waals surface area contributed by atoms with Gasteiger partial charge in [0.25, 0.3) is 5.91 Å². The van der Waals surface area contributed by atoms with E-state index in [9.17, 15) is 4.79 Å². The number of hydrogen-bond donors (Lipinski definition) is 3. The zero-order valence-corrected chi connectivity index (χ0v) is 16.5. The molecule has 0 unspecified atom stereocenters. The third-order valence-corrected chi connectivity index (χ3v) is 5.50. The van der Waals surface area contributed by atoms with Crippen LogP contribution in [0.15, 0.2) is 36.7 Å². The highest BCUT2D eigenvalue weighted by atomic mass is 16.2. The van der Waals surface area contributed by atoms with E-state index >= 15 is 0 Å². The fourth-order valence-corrected chi connectivity index (χ4v) is 4.00. The smallest absolute Gasteiger partial charge is 0.253 e. The quantitative estimate of drug-likeness (QED) is 0.500. The van der Waals surface area contributed by atoms with Crippen LogP contribution in [0.2, 0.25) is 0 Å².